The predicted molar refractivity (Wildman–Crippen MR) is 89.3 cm³/mol. The average molecular weight is 298 g/mol. The molecule has 5 heteroatoms. The Bertz CT molecular complexity index is 689. The van der Waals surface area contributed by atoms with E-state index < -0.39 is 5.41 Å². The van der Waals surface area contributed by atoms with Crippen LogP contribution in [-0.4, -0.2) is 15.9 Å². The van der Waals surface area contributed by atoms with E-state index in [1.807, 2.05) is 58.9 Å². The van der Waals surface area contributed by atoms with Crippen LogP contribution in [0.15, 0.2) is 30.5 Å². The molecule has 0 atom stereocenters. The van der Waals surface area contributed by atoms with Crippen LogP contribution in [0.2, 0.25) is 0 Å². The van der Waals surface area contributed by atoms with Crippen LogP contribution in [0.5, 0.6) is 0 Å². The van der Waals surface area contributed by atoms with Gasteiger partial charge < -0.3 is 10.6 Å². The maximum atomic E-state index is 12.1. The largest absolute Gasteiger partial charge is 0.325 e. The molecule has 22 heavy (non-hydrogen) atoms. The predicted octanol–water partition coefficient (Wildman–Crippen LogP) is 3.82. The Morgan fingerprint density at radius 2 is 1.86 bits per heavy atom. The van der Waals surface area contributed by atoms with E-state index in [4.69, 9.17) is 0 Å². The van der Waals surface area contributed by atoms with Gasteiger partial charge in [0.05, 0.1) is 0 Å². The summed E-state index contributed by atoms with van der Waals surface area (Å²) in [5.41, 5.74) is 3.09. The second-order valence-corrected chi connectivity index (χ2v) is 6.38. The number of aryl methyl sites for hydroxylation is 2. The second kappa shape index (κ2) is 6.13. The number of aromatic nitrogens is 2. The molecule has 0 aliphatic carbocycles. The monoisotopic (exact) mass is 298 g/mol. The van der Waals surface area contributed by atoms with Crippen molar-refractivity contribution in [2.24, 2.45) is 5.41 Å². The highest BCUT2D eigenvalue weighted by Gasteiger charge is 2.21. The minimum atomic E-state index is -0.435. The molecule has 1 heterocycles. The molecule has 0 fully saturated rings. The molecule has 116 valence electrons. The van der Waals surface area contributed by atoms with Crippen LogP contribution in [0.1, 0.15) is 32.0 Å². The Morgan fingerprint density at radius 1 is 1.14 bits per heavy atom. The van der Waals surface area contributed by atoms with Gasteiger partial charge in [-0.05, 0) is 37.6 Å². The quantitative estimate of drug-likeness (QED) is 0.904. The molecule has 0 spiro atoms. The van der Waals surface area contributed by atoms with E-state index in [9.17, 15) is 4.79 Å². The molecule has 0 saturated heterocycles. The summed E-state index contributed by atoms with van der Waals surface area (Å²) in [6.45, 7) is 9.54. The van der Waals surface area contributed by atoms with Crippen LogP contribution in [0.4, 0.5) is 17.3 Å². The lowest BCUT2D eigenvalue weighted by molar-refractivity contribution is -0.123. The van der Waals surface area contributed by atoms with Crippen LogP contribution in [-0.2, 0) is 4.79 Å². The van der Waals surface area contributed by atoms with Crippen molar-refractivity contribution in [3.05, 3.63) is 41.7 Å². The van der Waals surface area contributed by atoms with Gasteiger partial charge in [-0.15, -0.1) is 0 Å². The van der Waals surface area contributed by atoms with Crippen LogP contribution in [0, 0.1) is 19.3 Å². The lowest BCUT2D eigenvalue weighted by Gasteiger charge is -2.19. The van der Waals surface area contributed by atoms with Crippen molar-refractivity contribution >= 4 is 23.2 Å². The van der Waals surface area contributed by atoms with Crippen LogP contribution >= 0.6 is 0 Å². The van der Waals surface area contributed by atoms with E-state index in [0.717, 1.165) is 22.6 Å². The Balaban J connectivity index is 2.21. The van der Waals surface area contributed by atoms with E-state index in [2.05, 4.69) is 20.6 Å². The van der Waals surface area contributed by atoms with Gasteiger partial charge in [0.1, 0.15) is 0 Å². The lowest BCUT2D eigenvalue weighted by atomic mass is 9.95. The highest BCUT2D eigenvalue weighted by Crippen LogP contribution is 2.24. The number of amides is 1. The van der Waals surface area contributed by atoms with Crippen molar-refractivity contribution in [2.45, 2.75) is 34.6 Å². The average Bonchev–Trinajstić information content (AvgIpc) is 2.41. The van der Waals surface area contributed by atoms with Gasteiger partial charge in [-0.1, -0.05) is 26.8 Å². The number of anilines is 3. The van der Waals surface area contributed by atoms with Crippen molar-refractivity contribution in [1.82, 2.24) is 9.97 Å². The molecular weight excluding hydrogens is 276 g/mol. The third-order valence-corrected chi connectivity index (χ3v) is 3.22. The van der Waals surface area contributed by atoms with Crippen molar-refractivity contribution in [3.63, 3.8) is 0 Å². The third-order valence-electron chi connectivity index (χ3n) is 3.22. The molecule has 5 nitrogen and oxygen atoms in total. The van der Waals surface area contributed by atoms with Gasteiger partial charge >= 0.3 is 0 Å². The molecule has 0 radical (unpaired) electrons. The first-order valence-electron chi connectivity index (χ1n) is 7.24. The Morgan fingerprint density at radius 3 is 2.50 bits per heavy atom. The number of nitrogens with one attached hydrogen (secondary N) is 2. The molecule has 0 saturated carbocycles. The second-order valence-electron chi connectivity index (χ2n) is 6.38. The summed E-state index contributed by atoms with van der Waals surface area (Å²) in [6, 6.07) is 7.63. The first-order chi connectivity index (χ1) is 10.3. The summed E-state index contributed by atoms with van der Waals surface area (Å²) < 4.78 is 0. The van der Waals surface area contributed by atoms with Crippen molar-refractivity contribution in [3.8, 4) is 0 Å². The van der Waals surface area contributed by atoms with E-state index in [1.54, 1.807) is 6.20 Å². The maximum Gasteiger partial charge on any atom is 0.229 e. The fraction of sp³-hybridized carbons (Fsp3) is 0.353. The number of benzene rings is 1. The van der Waals surface area contributed by atoms with Gasteiger partial charge in [0.25, 0.3) is 0 Å². The van der Waals surface area contributed by atoms with Crippen LogP contribution in [0.25, 0.3) is 0 Å². The van der Waals surface area contributed by atoms with Gasteiger partial charge in [0.2, 0.25) is 11.9 Å². The minimum absolute atomic E-state index is 0.0143. The summed E-state index contributed by atoms with van der Waals surface area (Å²) in [6.07, 6.45) is 1.71. The molecule has 0 aliphatic rings. The Labute approximate surface area is 131 Å². The standard InChI is InChI=1S/C17H22N4O/c1-11-6-7-13(20-16-18-9-8-12(2)19-16)10-14(11)21-15(22)17(3,4)5/h6-10H,1-5H3,(H,21,22)(H,18,19,20). The van der Waals surface area contributed by atoms with Gasteiger partial charge in [0, 0.05) is 28.7 Å². The van der Waals surface area contributed by atoms with E-state index in [-0.39, 0.29) is 5.91 Å². The molecule has 1 aromatic heterocycles. The third kappa shape index (κ3) is 4.04. The maximum absolute atomic E-state index is 12.1. The molecule has 0 bridgehead atoms. The minimum Gasteiger partial charge on any atom is -0.325 e. The number of carbonyl (C=O) groups excluding carboxylic acids is 1. The first kappa shape index (κ1) is 15.9. The topological polar surface area (TPSA) is 66.9 Å². The first-order valence-corrected chi connectivity index (χ1v) is 7.24. The normalized spacial score (nSPS) is 11.1. The Hall–Kier alpha value is -2.43. The fourth-order valence-corrected chi connectivity index (χ4v) is 1.78. The number of rotatable bonds is 3. The molecule has 1 amide bonds. The highest BCUT2D eigenvalue weighted by molar-refractivity contribution is 5.95. The van der Waals surface area contributed by atoms with Crippen molar-refractivity contribution in [1.29, 1.82) is 0 Å². The molecule has 0 unspecified atom stereocenters. The summed E-state index contributed by atoms with van der Waals surface area (Å²) in [7, 11) is 0. The zero-order valence-corrected chi connectivity index (χ0v) is 13.7. The number of carbonyl (C=O) groups is 1. The van der Waals surface area contributed by atoms with E-state index >= 15 is 0 Å². The number of hydrogen-bond acceptors (Lipinski definition) is 4. The molecule has 2 rings (SSSR count). The van der Waals surface area contributed by atoms with E-state index in [1.165, 1.54) is 0 Å². The SMILES string of the molecule is Cc1ccnc(Nc2ccc(C)c(NC(=O)C(C)(C)C)c2)n1. The van der Waals surface area contributed by atoms with Gasteiger partial charge in [-0.2, -0.15) is 0 Å². The van der Waals surface area contributed by atoms with Crippen molar-refractivity contribution in [2.75, 3.05) is 10.6 Å². The molecule has 0 aliphatic heterocycles. The molecule has 1 aromatic carbocycles. The summed E-state index contributed by atoms with van der Waals surface area (Å²) in [4.78, 5) is 20.6. The van der Waals surface area contributed by atoms with Gasteiger partial charge in [-0.25, -0.2) is 9.97 Å². The molecular formula is C17H22N4O. The smallest absolute Gasteiger partial charge is 0.229 e. The summed E-state index contributed by atoms with van der Waals surface area (Å²) >= 11 is 0. The molecule has 2 N–H and O–H groups in total. The Kier molecular flexibility index (Phi) is 4.45. The van der Waals surface area contributed by atoms with Crippen LogP contribution in [0.3, 0.4) is 0 Å². The van der Waals surface area contributed by atoms with Crippen molar-refractivity contribution < 1.29 is 4.79 Å². The zero-order chi connectivity index (χ0) is 16.3. The summed E-state index contributed by atoms with van der Waals surface area (Å²) in [5.74, 6) is 0.525. The van der Waals surface area contributed by atoms with Crippen LogP contribution < -0.4 is 10.6 Å². The fourth-order valence-electron chi connectivity index (χ4n) is 1.78. The lowest BCUT2D eigenvalue weighted by Crippen LogP contribution is -2.27. The highest BCUT2D eigenvalue weighted by atomic mass is 16.2. The zero-order valence-electron chi connectivity index (χ0n) is 13.7. The molecule has 2 aromatic rings. The number of hydrogen-bond donors (Lipinski definition) is 2. The van der Waals surface area contributed by atoms with Gasteiger partial charge in [-0.3, -0.25) is 4.79 Å². The van der Waals surface area contributed by atoms with E-state index in [0.29, 0.717) is 5.95 Å². The summed E-state index contributed by atoms with van der Waals surface area (Å²) in [5, 5.41) is 6.12. The van der Waals surface area contributed by atoms with Gasteiger partial charge in [0.15, 0.2) is 0 Å². The number of nitrogens with zero attached hydrogens (tertiary/aromatic N) is 2.